The van der Waals surface area contributed by atoms with Gasteiger partial charge in [0.25, 0.3) is 5.91 Å². The number of unbranched alkanes of at least 4 members (excludes halogenated alkanes) is 1. The maximum absolute atomic E-state index is 12.5. The number of hydrogen-bond acceptors (Lipinski definition) is 4. The van der Waals surface area contributed by atoms with Crippen molar-refractivity contribution in [2.24, 2.45) is 0 Å². The Morgan fingerprint density at radius 3 is 2.56 bits per heavy atom. The van der Waals surface area contributed by atoms with Crippen LogP contribution in [0, 0.1) is 0 Å². The number of carbonyl (C=O) groups is 2. The molecule has 132 valence electrons. The van der Waals surface area contributed by atoms with Gasteiger partial charge in [0.05, 0.1) is 18.1 Å². The number of hydrogen-bond donors (Lipinski definition) is 1. The standard InChI is InChI=1S/C18H21FN4O2/c1-12(24)13-5-9-15(10-6-13)23-16(4-2-3-11-19)17(21-22-23)18(25)20-14-7-8-14/h5-6,9-10,14H,2-4,7-8,11H2,1H3,(H,20,25). The molecule has 0 atom stereocenters. The van der Waals surface area contributed by atoms with Gasteiger partial charge in [0.15, 0.2) is 11.5 Å². The number of rotatable bonds is 8. The molecule has 0 aliphatic heterocycles. The zero-order valence-electron chi connectivity index (χ0n) is 14.2. The lowest BCUT2D eigenvalue weighted by atomic mass is 10.1. The number of nitrogens with one attached hydrogen (secondary N) is 1. The molecule has 0 bridgehead atoms. The fourth-order valence-electron chi connectivity index (χ4n) is 2.62. The van der Waals surface area contributed by atoms with Crippen LogP contribution in [0.3, 0.4) is 0 Å². The first-order valence-electron chi connectivity index (χ1n) is 8.53. The first-order chi connectivity index (χ1) is 12.1. The molecule has 1 aliphatic carbocycles. The molecule has 1 aliphatic rings. The maximum atomic E-state index is 12.5. The van der Waals surface area contributed by atoms with E-state index in [1.54, 1.807) is 28.9 Å². The summed E-state index contributed by atoms with van der Waals surface area (Å²) in [4.78, 5) is 23.8. The van der Waals surface area contributed by atoms with Crippen LogP contribution in [-0.4, -0.2) is 39.4 Å². The SMILES string of the molecule is CC(=O)c1ccc(-n2nnc(C(=O)NC3CC3)c2CCCCF)cc1. The highest BCUT2D eigenvalue weighted by Crippen LogP contribution is 2.21. The molecular weight excluding hydrogens is 323 g/mol. The summed E-state index contributed by atoms with van der Waals surface area (Å²) in [6, 6.07) is 7.20. The fourth-order valence-corrected chi connectivity index (χ4v) is 2.62. The molecule has 1 heterocycles. The van der Waals surface area contributed by atoms with Gasteiger partial charge in [-0.25, -0.2) is 4.68 Å². The monoisotopic (exact) mass is 344 g/mol. The van der Waals surface area contributed by atoms with E-state index in [2.05, 4.69) is 15.6 Å². The summed E-state index contributed by atoms with van der Waals surface area (Å²) < 4.78 is 14.1. The number of aromatic nitrogens is 3. The second-order valence-electron chi connectivity index (χ2n) is 6.29. The van der Waals surface area contributed by atoms with Crippen molar-refractivity contribution in [3.8, 4) is 5.69 Å². The number of Topliss-reactive ketones (excluding diaryl/α,β-unsaturated/α-hetero) is 1. The fraction of sp³-hybridized carbons (Fsp3) is 0.444. The molecule has 2 aromatic rings. The highest BCUT2D eigenvalue weighted by atomic mass is 19.1. The second-order valence-corrected chi connectivity index (χ2v) is 6.29. The Balaban J connectivity index is 1.89. The van der Waals surface area contributed by atoms with E-state index in [9.17, 15) is 14.0 Å². The van der Waals surface area contributed by atoms with Gasteiger partial charge in [-0.05, 0) is 63.3 Å². The van der Waals surface area contributed by atoms with Crippen LogP contribution in [0.5, 0.6) is 0 Å². The van der Waals surface area contributed by atoms with Gasteiger partial charge in [0.2, 0.25) is 0 Å². The summed E-state index contributed by atoms with van der Waals surface area (Å²) >= 11 is 0. The van der Waals surface area contributed by atoms with E-state index in [0.29, 0.717) is 36.2 Å². The first kappa shape index (κ1) is 17.3. The first-order valence-corrected chi connectivity index (χ1v) is 8.53. The highest BCUT2D eigenvalue weighted by molar-refractivity contribution is 5.94. The molecule has 0 spiro atoms. The van der Waals surface area contributed by atoms with Crippen molar-refractivity contribution in [1.29, 1.82) is 0 Å². The Kier molecular flexibility index (Phi) is 5.21. The van der Waals surface area contributed by atoms with E-state index < -0.39 is 6.67 Å². The Labute approximate surface area is 145 Å². The van der Waals surface area contributed by atoms with Crippen LogP contribution in [0.2, 0.25) is 0 Å². The highest BCUT2D eigenvalue weighted by Gasteiger charge is 2.27. The van der Waals surface area contributed by atoms with Gasteiger partial charge in [-0.2, -0.15) is 0 Å². The lowest BCUT2D eigenvalue weighted by Crippen LogP contribution is -2.27. The van der Waals surface area contributed by atoms with E-state index in [1.807, 2.05) is 0 Å². The van der Waals surface area contributed by atoms with Crippen LogP contribution in [0.4, 0.5) is 4.39 Å². The van der Waals surface area contributed by atoms with Gasteiger partial charge in [-0.3, -0.25) is 14.0 Å². The largest absolute Gasteiger partial charge is 0.348 e. The summed E-state index contributed by atoms with van der Waals surface area (Å²) in [7, 11) is 0. The maximum Gasteiger partial charge on any atom is 0.273 e. The Morgan fingerprint density at radius 2 is 1.96 bits per heavy atom. The summed E-state index contributed by atoms with van der Waals surface area (Å²) in [5, 5.41) is 11.1. The van der Waals surface area contributed by atoms with Crippen molar-refractivity contribution in [2.75, 3.05) is 6.67 Å². The van der Waals surface area contributed by atoms with Crippen LogP contribution in [0.1, 0.15) is 59.1 Å². The molecular formula is C18H21FN4O2. The summed E-state index contributed by atoms with van der Waals surface area (Å²) in [5.41, 5.74) is 2.29. The van der Waals surface area contributed by atoms with Crippen molar-refractivity contribution >= 4 is 11.7 Å². The molecule has 25 heavy (non-hydrogen) atoms. The molecule has 0 radical (unpaired) electrons. The number of halogens is 1. The number of amides is 1. The minimum atomic E-state index is -0.390. The third-order valence-corrected chi connectivity index (χ3v) is 4.21. The van der Waals surface area contributed by atoms with Crippen LogP contribution < -0.4 is 5.32 Å². The molecule has 0 saturated heterocycles. The topological polar surface area (TPSA) is 76.9 Å². The van der Waals surface area contributed by atoms with Gasteiger partial charge in [-0.1, -0.05) is 5.21 Å². The number of alkyl halides is 1. The average Bonchev–Trinajstić information content (AvgIpc) is 3.32. The molecule has 6 nitrogen and oxygen atoms in total. The van der Waals surface area contributed by atoms with E-state index in [4.69, 9.17) is 0 Å². The van der Waals surface area contributed by atoms with Gasteiger partial charge in [0.1, 0.15) is 0 Å². The Bertz CT molecular complexity index is 766. The molecule has 0 unspecified atom stereocenters. The molecule has 1 saturated carbocycles. The Morgan fingerprint density at radius 1 is 1.24 bits per heavy atom. The molecule has 1 aromatic heterocycles. The molecule has 1 amide bonds. The van der Waals surface area contributed by atoms with Gasteiger partial charge in [-0.15, -0.1) is 5.10 Å². The predicted octanol–water partition coefficient (Wildman–Crippen LogP) is 2.65. The van der Waals surface area contributed by atoms with Crippen LogP contribution in [0.25, 0.3) is 5.69 Å². The van der Waals surface area contributed by atoms with Crippen molar-refractivity contribution < 1.29 is 14.0 Å². The number of nitrogens with zero attached hydrogens (tertiary/aromatic N) is 3. The minimum absolute atomic E-state index is 0.0159. The molecule has 1 N–H and O–H groups in total. The van der Waals surface area contributed by atoms with Gasteiger partial charge in [0, 0.05) is 11.6 Å². The van der Waals surface area contributed by atoms with E-state index in [-0.39, 0.29) is 17.7 Å². The van der Waals surface area contributed by atoms with Crippen molar-refractivity contribution in [3.05, 3.63) is 41.2 Å². The third-order valence-electron chi connectivity index (χ3n) is 4.21. The third kappa shape index (κ3) is 4.10. The van der Waals surface area contributed by atoms with E-state index in [1.165, 1.54) is 6.92 Å². The second kappa shape index (κ2) is 7.55. The Hall–Kier alpha value is -2.57. The number of carbonyl (C=O) groups excluding carboxylic acids is 2. The minimum Gasteiger partial charge on any atom is -0.348 e. The summed E-state index contributed by atoms with van der Waals surface area (Å²) in [6.07, 6.45) is 3.53. The summed E-state index contributed by atoms with van der Waals surface area (Å²) in [5.74, 6) is -0.248. The van der Waals surface area contributed by atoms with E-state index in [0.717, 1.165) is 18.5 Å². The zero-order chi connectivity index (χ0) is 17.8. The quantitative estimate of drug-likeness (QED) is 0.590. The van der Waals surface area contributed by atoms with Crippen molar-refractivity contribution in [2.45, 2.75) is 45.1 Å². The smallest absolute Gasteiger partial charge is 0.273 e. The van der Waals surface area contributed by atoms with Crippen molar-refractivity contribution in [1.82, 2.24) is 20.3 Å². The van der Waals surface area contributed by atoms with Crippen LogP contribution in [0.15, 0.2) is 24.3 Å². The lowest BCUT2D eigenvalue weighted by Gasteiger charge is -2.08. The van der Waals surface area contributed by atoms with E-state index >= 15 is 0 Å². The normalized spacial score (nSPS) is 13.7. The lowest BCUT2D eigenvalue weighted by molar-refractivity contribution is 0.0944. The van der Waals surface area contributed by atoms with Gasteiger partial charge >= 0.3 is 0 Å². The van der Waals surface area contributed by atoms with Crippen LogP contribution in [-0.2, 0) is 6.42 Å². The van der Waals surface area contributed by atoms with Crippen LogP contribution >= 0.6 is 0 Å². The zero-order valence-corrected chi connectivity index (χ0v) is 14.2. The molecule has 1 fully saturated rings. The number of benzene rings is 1. The molecule has 7 heteroatoms. The predicted molar refractivity (Wildman–Crippen MR) is 90.8 cm³/mol. The number of ketones is 1. The molecule has 3 rings (SSSR count). The summed E-state index contributed by atoms with van der Waals surface area (Å²) in [6.45, 7) is 1.12. The van der Waals surface area contributed by atoms with Crippen molar-refractivity contribution in [3.63, 3.8) is 0 Å². The average molecular weight is 344 g/mol. The molecule has 1 aromatic carbocycles. The van der Waals surface area contributed by atoms with Gasteiger partial charge < -0.3 is 5.32 Å².